The molecule has 0 unspecified atom stereocenters. The van der Waals surface area contributed by atoms with Gasteiger partial charge in [-0.2, -0.15) is 0 Å². The molecule has 27 heavy (non-hydrogen) atoms. The summed E-state index contributed by atoms with van der Waals surface area (Å²) >= 11 is 0. The zero-order valence-electron chi connectivity index (χ0n) is 15.1. The molecule has 0 aliphatic rings. The van der Waals surface area contributed by atoms with Crippen LogP contribution in [0.1, 0.15) is 37.0 Å². The molecule has 0 saturated heterocycles. The van der Waals surface area contributed by atoms with Crippen LogP contribution in [0.4, 0.5) is 0 Å². The SMILES string of the molecule is CC(C)(CCCn1ccc(=O)[nH]c1=O)CS(=O)(=O)c1ccccc1C(=O)O. The number of benzene rings is 1. The monoisotopic (exact) mass is 394 g/mol. The number of aromatic amines is 1. The lowest BCUT2D eigenvalue weighted by atomic mass is 9.90. The second kappa shape index (κ2) is 7.91. The minimum atomic E-state index is -3.80. The maximum absolute atomic E-state index is 12.7. The third kappa shape index (κ3) is 5.40. The van der Waals surface area contributed by atoms with Crippen molar-refractivity contribution in [3.63, 3.8) is 0 Å². The topological polar surface area (TPSA) is 126 Å². The molecule has 2 aromatic rings. The summed E-state index contributed by atoms with van der Waals surface area (Å²) in [6.45, 7) is 3.90. The first-order valence-corrected chi connectivity index (χ1v) is 10.0. The standard InChI is InChI=1S/C18H22N2O6S/c1-18(2,9-5-10-20-11-8-15(21)19-17(20)24)12-27(25,26)14-7-4-3-6-13(14)16(22)23/h3-4,6-8,11H,5,9-10,12H2,1-2H3,(H,22,23)(H,19,21,24). The molecule has 2 rings (SSSR count). The number of aromatic nitrogens is 2. The Bertz CT molecular complexity index is 1050. The molecule has 0 aliphatic carbocycles. The van der Waals surface area contributed by atoms with Gasteiger partial charge in [0, 0.05) is 18.8 Å². The van der Waals surface area contributed by atoms with Crippen LogP contribution in [0.2, 0.25) is 0 Å². The molecule has 0 radical (unpaired) electrons. The molecule has 9 heteroatoms. The molecule has 1 aromatic carbocycles. The third-order valence-electron chi connectivity index (χ3n) is 4.18. The predicted octanol–water partition coefficient (Wildman–Crippen LogP) is 1.52. The third-order valence-corrected chi connectivity index (χ3v) is 6.37. The molecule has 1 aromatic heterocycles. The van der Waals surface area contributed by atoms with Crippen LogP contribution in [0.15, 0.2) is 51.0 Å². The number of nitrogens with one attached hydrogen (secondary N) is 1. The molecule has 0 atom stereocenters. The normalized spacial score (nSPS) is 12.1. The van der Waals surface area contributed by atoms with Gasteiger partial charge >= 0.3 is 11.7 Å². The van der Waals surface area contributed by atoms with Crippen molar-refractivity contribution in [1.29, 1.82) is 0 Å². The maximum atomic E-state index is 12.7. The molecular weight excluding hydrogens is 372 g/mol. The van der Waals surface area contributed by atoms with Gasteiger partial charge in [-0.15, -0.1) is 0 Å². The first kappa shape index (κ1) is 20.6. The van der Waals surface area contributed by atoms with Gasteiger partial charge in [-0.3, -0.25) is 9.78 Å². The number of sulfone groups is 1. The highest BCUT2D eigenvalue weighted by Gasteiger charge is 2.30. The molecule has 0 amide bonds. The van der Waals surface area contributed by atoms with Gasteiger partial charge in [-0.1, -0.05) is 26.0 Å². The van der Waals surface area contributed by atoms with Crippen molar-refractivity contribution < 1.29 is 18.3 Å². The summed E-state index contributed by atoms with van der Waals surface area (Å²) in [5.41, 5.74) is -1.85. The molecule has 8 nitrogen and oxygen atoms in total. The van der Waals surface area contributed by atoms with Crippen LogP contribution in [0.25, 0.3) is 0 Å². The molecule has 146 valence electrons. The average Bonchev–Trinajstić information content (AvgIpc) is 2.56. The Kier molecular flexibility index (Phi) is 6.04. The van der Waals surface area contributed by atoms with Gasteiger partial charge in [0.25, 0.3) is 5.56 Å². The van der Waals surface area contributed by atoms with Gasteiger partial charge in [0.1, 0.15) is 0 Å². The number of carboxylic acid groups (broad SMARTS) is 1. The Morgan fingerprint density at radius 1 is 1.19 bits per heavy atom. The van der Waals surface area contributed by atoms with E-state index in [9.17, 15) is 27.9 Å². The smallest absolute Gasteiger partial charge is 0.337 e. The molecule has 0 fully saturated rings. The Balaban J connectivity index is 2.10. The van der Waals surface area contributed by atoms with Gasteiger partial charge in [-0.05, 0) is 30.4 Å². The second-order valence-corrected chi connectivity index (χ2v) is 9.09. The summed E-state index contributed by atoms with van der Waals surface area (Å²) in [4.78, 5) is 36.0. The lowest BCUT2D eigenvalue weighted by molar-refractivity contribution is 0.0692. The fourth-order valence-electron chi connectivity index (χ4n) is 2.93. The zero-order valence-corrected chi connectivity index (χ0v) is 16.0. The molecular formula is C18H22N2O6S. The summed E-state index contributed by atoms with van der Waals surface area (Å²) in [5, 5.41) is 9.22. The van der Waals surface area contributed by atoms with Gasteiger partial charge in [0.05, 0.1) is 16.2 Å². The molecule has 0 spiro atoms. The first-order valence-electron chi connectivity index (χ1n) is 8.37. The lowest BCUT2D eigenvalue weighted by Crippen LogP contribution is -2.30. The van der Waals surface area contributed by atoms with E-state index in [1.165, 1.54) is 41.1 Å². The van der Waals surface area contributed by atoms with E-state index in [0.29, 0.717) is 19.4 Å². The highest BCUT2D eigenvalue weighted by atomic mass is 32.2. The van der Waals surface area contributed by atoms with E-state index in [1.807, 2.05) is 0 Å². The number of carboxylic acids is 1. The van der Waals surface area contributed by atoms with Crippen molar-refractivity contribution in [1.82, 2.24) is 9.55 Å². The minimum Gasteiger partial charge on any atom is -0.478 e. The second-order valence-electron chi connectivity index (χ2n) is 7.13. The fourth-order valence-corrected chi connectivity index (χ4v) is 5.03. The molecule has 0 saturated carbocycles. The van der Waals surface area contributed by atoms with E-state index < -0.39 is 32.5 Å². The van der Waals surface area contributed by atoms with Crippen molar-refractivity contribution in [3.8, 4) is 0 Å². The first-order chi connectivity index (χ1) is 12.5. The van der Waals surface area contributed by atoms with Crippen LogP contribution in [-0.4, -0.2) is 34.8 Å². The number of hydrogen-bond donors (Lipinski definition) is 2. The van der Waals surface area contributed by atoms with E-state index >= 15 is 0 Å². The van der Waals surface area contributed by atoms with Crippen LogP contribution < -0.4 is 11.2 Å². The van der Waals surface area contributed by atoms with Crippen LogP contribution >= 0.6 is 0 Å². The summed E-state index contributed by atoms with van der Waals surface area (Å²) in [6.07, 6.45) is 2.41. The number of nitrogens with zero attached hydrogens (tertiary/aromatic N) is 1. The highest BCUT2D eigenvalue weighted by Crippen LogP contribution is 2.29. The molecule has 0 aliphatic heterocycles. The van der Waals surface area contributed by atoms with Gasteiger partial charge in [-0.25, -0.2) is 18.0 Å². The van der Waals surface area contributed by atoms with Crippen LogP contribution in [-0.2, 0) is 16.4 Å². The Morgan fingerprint density at radius 3 is 2.48 bits per heavy atom. The number of aromatic carboxylic acids is 1. The van der Waals surface area contributed by atoms with E-state index in [-0.39, 0.29) is 16.2 Å². The van der Waals surface area contributed by atoms with E-state index in [4.69, 9.17) is 0 Å². The van der Waals surface area contributed by atoms with Gasteiger partial charge < -0.3 is 9.67 Å². The summed E-state index contributed by atoms with van der Waals surface area (Å²) in [7, 11) is -3.80. The van der Waals surface area contributed by atoms with Crippen molar-refractivity contribution >= 4 is 15.8 Å². The zero-order chi connectivity index (χ0) is 20.2. The van der Waals surface area contributed by atoms with Crippen molar-refractivity contribution in [2.75, 3.05) is 5.75 Å². The van der Waals surface area contributed by atoms with Crippen molar-refractivity contribution in [3.05, 3.63) is 62.9 Å². The van der Waals surface area contributed by atoms with Crippen molar-refractivity contribution in [2.24, 2.45) is 5.41 Å². The van der Waals surface area contributed by atoms with Gasteiger partial charge in [0.15, 0.2) is 9.84 Å². The fraction of sp³-hybridized carbons (Fsp3) is 0.389. The highest BCUT2D eigenvalue weighted by molar-refractivity contribution is 7.91. The average molecular weight is 394 g/mol. The maximum Gasteiger partial charge on any atom is 0.337 e. The minimum absolute atomic E-state index is 0.192. The molecule has 2 N–H and O–H groups in total. The Labute approximate surface area is 156 Å². The van der Waals surface area contributed by atoms with Crippen LogP contribution in [0.5, 0.6) is 0 Å². The lowest BCUT2D eigenvalue weighted by Gasteiger charge is -2.25. The number of aryl methyl sites for hydroxylation is 1. The van der Waals surface area contributed by atoms with Crippen LogP contribution in [0.3, 0.4) is 0 Å². The van der Waals surface area contributed by atoms with E-state index in [2.05, 4.69) is 4.98 Å². The molecule has 0 bridgehead atoms. The van der Waals surface area contributed by atoms with Crippen molar-refractivity contribution in [2.45, 2.75) is 38.1 Å². The number of carbonyl (C=O) groups is 1. The summed E-state index contributed by atoms with van der Waals surface area (Å²) in [5.74, 6) is -1.51. The Morgan fingerprint density at radius 2 is 1.85 bits per heavy atom. The van der Waals surface area contributed by atoms with E-state index in [0.717, 1.165) is 0 Å². The summed E-state index contributed by atoms with van der Waals surface area (Å²) in [6, 6.07) is 6.80. The number of H-pyrrole nitrogens is 1. The Hall–Kier alpha value is -2.68. The van der Waals surface area contributed by atoms with E-state index in [1.54, 1.807) is 13.8 Å². The quantitative estimate of drug-likeness (QED) is 0.699. The summed E-state index contributed by atoms with van der Waals surface area (Å²) < 4.78 is 26.8. The number of hydrogen-bond acceptors (Lipinski definition) is 5. The number of rotatable bonds is 8. The van der Waals surface area contributed by atoms with Gasteiger partial charge in [0.2, 0.25) is 0 Å². The molecule has 1 heterocycles. The predicted molar refractivity (Wildman–Crippen MR) is 99.8 cm³/mol. The van der Waals surface area contributed by atoms with Crippen LogP contribution in [0, 0.1) is 5.41 Å². The largest absolute Gasteiger partial charge is 0.478 e.